The summed E-state index contributed by atoms with van der Waals surface area (Å²) in [6.45, 7) is 3.18. The number of amides is 1. The standard InChI is InChI=1S/C24H26FN7O2/c1-30(2)13-19(33)32-10-8-31(9-11-32)14-6-7-16-18(12-14)28-23(27-16)21-22(26)20-15(25)4-3-5-17(20)29-24(21)34/h3-7,12H,8-11,13H2,1-2H3,(H,27,28)(H3,26,29,34). The minimum Gasteiger partial charge on any atom is -0.397 e. The van der Waals surface area contributed by atoms with Gasteiger partial charge in [-0.15, -0.1) is 0 Å². The van der Waals surface area contributed by atoms with Gasteiger partial charge in [-0.05, 0) is 44.4 Å². The number of likely N-dealkylation sites (N-methyl/N-ethyl adjacent to an activating group) is 1. The molecule has 0 atom stereocenters. The Kier molecular flexibility index (Phi) is 5.45. The van der Waals surface area contributed by atoms with E-state index in [1.165, 1.54) is 12.1 Å². The Bertz CT molecular complexity index is 1450. The molecular weight excluding hydrogens is 437 g/mol. The molecule has 0 saturated carbocycles. The maximum absolute atomic E-state index is 14.4. The average Bonchev–Trinajstić information content (AvgIpc) is 3.21. The minimum absolute atomic E-state index is 0.0506. The fraction of sp³-hybridized carbons (Fsp3) is 0.292. The number of fused-ring (bicyclic) bond motifs is 2. The van der Waals surface area contributed by atoms with E-state index in [0.717, 1.165) is 24.3 Å². The van der Waals surface area contributed by atoms with E-state index in [0.29, 0.717) is 30.7 Å². The van der Waals surface area contributed by atoms with Crippen molar-refractivity contribution in [3.8, 4) is 11.4 Å². The first-order valence-electron chi connectivity index (χ1n) is 11.1. The predicted molar refractivity (Wildman–Crippen MR) is 131 cm³/mol. The van der Waals surface area contributed by atoms with Gasteiger partial charge in [0.25, 0.3) is 5.56 Å². The Balaban J connectivity index is 1.43. The molecule has 0 aliphatic carbocycles. The Morgan fingerprint density at radius 2 is 1.88 bits per heavy atom. The lowest BCUT2D eigenvalue weighted by Gasteiger charge is -2.36. The second-order valence-electron chi connectivity index (χ2n) is 8.80. The molecule has 1 saturated heterocycles. The smallest absolute Gasteiger partial charge is 0.261 e. The molecule has 0 spiro atoms. The molecule has 0 radical (unpaired) electrons. The lowest BCUT2D eigenvalue weighted by molar-refractivity contribution is -0.132. The highest BCUT2D eigenvalue weighted by Crippen LogP contribution is 2.31. The van der Waals surface area contributed by atoms with Crippen molar-refractivity contribution >= 4 is 39.2 Å². The molecule has 1 amide bonds. The largest absolute Gasteiger partial charge is 0.397 e. The van der Waals surface area contributed by atoms with Crippen LogP contribution in [-0.4, -0.2) is 77.5 Å². The van der Waals surface area contributed by atoms with E-state index in [-0.39, 0.29) is 28.4 Å². The van der Waals surface area contributed by atoms with Gasteiger partial charge in [0.15, 0.2) is 0 Å². The van der Waals surface area contributed by atoms with Crippen molar-refractivity contribution < 1.29 is 9.18 Å². The van der Waals surface area contributed by atoms with E-state index < -0.39 is 11.4 Å². The third kappa shape index (κ3) is 3.86. The number of carbonyl (C=O) groups is 1. The number of aromatic nitrogens is 3. The number of pyridine rings is 1. The van der Waals surface area contributed by atoms with Crippen LogP contribution in [0.4, 0.5) is 15.8 Å². The number of hydrogen-bond acceptors (Lipinski definition) is 6. The number of carbonyl (C=O) groups excluding carboxylic acids is 1. The van der Waals surface area contributed by atoms with Gasteiger partial charge in [-0.2, -0.15) is 0 Å². The van der Waals surface area contributed by atoms with E-state index in [1.54, 1.807) is 6.07 Å². The van der Waals surface area contributed by atoms with Gasteiger partial charge in [0, 0.05) is 31.9 Å². The topological polar surface area (TPSA) is 114 Å². The van der Waals surface area contributed by atoms with Crippen LogP contribution in [0.3, 0.4) is 0 Å². The molecule has 34 heavy (non-hydrogen) atoms. The maximum Gasteiger partial charge on any atom is 0.261 e. The number of rotatable bonds is 4. The predicted octanol–water partition coefficient (Wildman–Crippen LogP) is 2.00. The summed E-state index contributed by atoms with van der Waals surface area (Å²) >= 11 is 0. The summed E-state index contributed by atoms with van der Waals surface area (Å²) in [5.74, 6) is -0.0859. The SMILES string of the molecule is CN(C)CC(=O)N1CCN(c2ccc3nc(-c4c(N)c5c(F)cccc5[nH]c4=O)[nH]c3c2)CC1. The third-order valence-electron chi connectivity index (χ3n) is 6.18. The van der Waals surface area contributed by atoms with Gasteiger partial charge < -0.3 is 30.4 Å². The van der Waals surface area contributed by atoms with Crippen molar-refractivity contribution in [2.45, 2.75) is 0 Å². The fourth-order valence-corrected chi connectivity index (χ4v) is 4.47. The summed E-state index contributed by atoms with van der Waals surface area (Å²) in [4.78, 5) is 41.4. The minimum atomic E-state index is -0.505. The first-order chi connectivity index (χ1) is 16.3. The van der Waals surface area contributed by atoms with Crippen LogP contribution in [0, 0.1) is 5.82 Å². The summed E-state index contributed by atoms with van der Waals surface area (Å²) in [6, 6.07) is 10.2. The van der Waals surface area contributed by atoms with Crippen LogP contribution in [0.5, 0.6) is 0 Å². The monoisotopic (exact) mass is 463 g/mol. The van der Waals surface area contributed by atoms with Gasteiger partial charge in [-0.25, -0.2) is 9.37 Å². The van der Waals surface area contributed by atoms with Crippen LogP contribution in [-0.2, 0) is 4.79 Å². The zero-order valence-electron chi connectivity index (χ0n) is 19.1. The van der Waals surface area contributed by atoms with E-state index in [2.05, 4.69) is 19.9 Å². The summed E-state index contributed by atoms with van der Waals surface area (Å²) < 4.78 is 14.4. The molecule has 1 aliphatic rings. The molecule has 176 valence electrons. The van der Waals surface area contributed by atoms with Crippen molar-refractivity contribution in [3.63, 3.8) is 0 Å². The highest BCUT2D eigenvalue weighted by atomic mass is 19.1. The fourth-order valence-electron chi connectivity index (χ4n) is 4.47. The van der Waals surface area contributed by atoms with Gasteiger partial charge in [0.05, 0.1) is 34.2 Å². The van der Waals surface area contributed by atoms with Gasteiger partial charge in [0.1, 0.15) is 17.2 Å². The molecule has 4 aromatic rings. The molecule has 2 aromatic heterocycles. The van der Waals surface area contributed by atoms with E-state index in [9.17, 15) is 14.0 Å². The number of imidazole rings is 1. The molecule has 10 heteroatoms. The second kappa shape index (κ2) is 8.45. The van der Waals surface area contributed by atoms with Crippen LogP contribution in [0.1, 0.15) is 0 Å². The van der Waals surface area contributed by atoms with Crippen molar-refractivity contribution in [2.75, 3.05) is 57.5 Å². The van der Waals surface area contributed by atoms with Crippen LogP contribution in [0.15, 0.2) is 41.2 Å². The number of hydrogen-bond donors (Lipinski definition) is 3. The van der Waals surface area contributed by atoms with Crippen molar-refractivity contribution in [3.05, 3.63) is 52.6 Å². The zero-order chi connectivity index (χ0) is 24.0. The Hall–Kier alpha value is -3.92. The zero-order valence-corrected chi connectivity index (χ0v) is 19.1. The number of nitrogens with zero attached hydrogens (tertiary/aromatic N) is 4. The van der Waals surface area contributed by atoms with Crippen LogP contribution in [0.2, 0.25) is 0 Å². The van der Waals surface area contributed by atoms with Crippen LogP contribution >= 0.6 is 0 Å². The Labute approximate surface area is 195 Å². The normalized spacial score (nSPS) is 14.5. The van der Waals surface area contributed by atoms with Gasteiger partial charge in [-0.3, -0.25) is 9.59 Å². The number of aromatic amines is 2. The number of nitrogens with two attached hydrogens (primary N) is 1. The molecule has 1 fully saturated rings. The molecule has 5 rings (SSSR count). The highest BCUT2D eigenvalue weighted by Gasteiger charge is 2.22. The summed E-state index contributed by atoms with van der Waals surface area (Å²) in [7, 11) is 3.77. The molecule has 1 aliphatic heterocycles. The Morgan fingerprint density at radius 3 is 2.62 bits per heavy atom. The molecule has 2 aromatic carbocycles. The van der Waals surface area contributed by atoms with Gasteiger partial charge in [-0.1, -0.05) is 6.07 Å². The first-order valence-corrected chi connectivity index (χ1v) is 11.1. The van der Waals surface area contributed by atoms with E-state index >= 15 is 0 Å². The van der Waals surface area contributed by atoms with Crippen LogP contribution in [0.25, 0.3) is 33.3 Å². The summed E-state index contributed by atoms with van der Waals surface area (Å²) in [5, 5.41) is 0.167. The molecule has 0 unspecified atom stereocenters. The van der Waals surface area contributed by atoms with Gasteiger partial charge >= 0.3 is 0 Å². The number of piperazine rings is 1. The molecule has 4 N–H and O–H groups in total. The van der Waals surface area contributed by atoms with E-state index in [4.69, 9.17) is 5.73 Å². The van der Waals surface area contributed by atoms with Crippen molar-refractivity contribution in [1.29, 1.82) is 0 Å². The number of nitrogens with one attached hydrogen (secondary N) is 2. The second-order valence-corrected chi connectivity index (χ2v) is 8.80. The number of nitrogen functional groups attached to an aromatic ring is 1. The summed E-state index contributed by atoms with van der Waals surface area (Å²) in [5.41, 5.74) is 8.70. The number of H-pyrrole nitrogens is 2. The van der Waals surface area contributed by atoms with E-state index in [1.807, 2.05) is 42.1 Å². The quantitative estimate of drug-likeness (QED) is 0.427. The molecule has 9 nitrogen and oxygen atoms in total. The van der Waals surface area contributed by atoms with Crippen molar-refractivity contribution in [2.24, 2.45) is 0 Å². The number of benzene rings is 2. The lowest BCUT2D eigenvalue weighted by Crippen LogP contribution is -2.50. The first kappa shape index (κ1) is 21.9. The average molecular weight is 464 g/mol. The Morgan fingerprint density at radius 1 is 1.12 bits per heavy atom. The molecular formula is C24H26FN7O2. The van der Waals surface area contributed by atoms with Crippen molar-refractivity contribution in [1.82, 2.24) is 24.8 Å². The maximum atomic E-state index is 14.4. The molecule has 3 heterocycles. The third-order valence-corrected chi connectivity index (χ3v) is 6.18. The molecule has 0 bridgehead atoms. The lowest BCUT2D eigenvalue weighted by atomic mass is 10.1. The van der Waals surface area contributed by atoms with Gasteiger partial charge in [0.2, 0.25) is 5.91 Å². The highest BCUT2D eigenvalue weighted by molar-refractivity contribution is 5.98. The number of anilines is 2. The summed E-state index contributed by atoms with van der Waals surface area (Å²) in [6.07, 6.45) is 0. The number of halogens is 1. The van der Waals surface area contributed by atoms with Crippen LogP contribution < -0.4 is 16.2 Å².